The Kier molecular flexibility index (Phi) is 5.89. The van der Waals surface area contributed by atoms with Crippen molar-refractivity contribution in [2.24, 2.45) is 11.1 Å². The third-order valence-electron chi connectivity index (χ3n) is 6.43. The van der Waals surface area contributed by atoms with Crippen molar-refractivity contribution in [3.8, 4) is 5.75 Å². The van der Waals surface area contributed by atoms with Crippen LogP contribution in [0.4, 0.5) is 5.69 Å². The minimum absolute atomic E-state index is 0.645. The zero-order valence-corrected chi connectivity index (χ0v) is 18.2. The van der Waals surface area contributed by atoms with E-state index in [2.05, 4.69) is 47.7 Å². The Balaban J connectivity index is 1.34. The number of benzene rings is 3. The van der Waals surface area contributed by atoms with Crippen molar-refractivity contribution in [3.05, 3.63) is 108 Å². The van der Waals surface area contributed by atoms with Gasteiger partial charge in [0.25, 0.3) is 0 Å². The molecule has 3 aromatic carbocycles. The first-order valence-electron chi connectivity index (χ1n) is 11.4. The van der Waals surface area contributed by atoms with Crippen LogP contribution in [0.3, 0.4) is 0 Å². The molecular weight excluding hydrogens is 392 g/mol. The van der Waals surface area contributed by atoms with E-state index in [9.17, 15) is 0 Å². The van der Waals surface area contributed by atoms with Gasteiger partial charge in [-0.3, -0.25) is 0 Å². The second-order valence-electron chi connectivity index (χ2n) is 8.59. The topological polar surface area (TPSA) is 47.6 Å². The molecule has 3 heteroatoms. The van der Waals surface area contributed by atoms with E-state index in [0.29, 0.717) is 17.9 Å². The summed E-state index contributed by atoms with van der Waals surface area (Å²) < 4.78 is 0. The zero-order valence-electron chi connectivity index (χ0n) is 18.2. The lowest BCUT2D eigenvalue weighted by atomic mass is 9.79. The van der Waals surface area contributed by atoms with E-state index >= 15 is 0 Å². The van der Waals surface area contributed by atoms with Crippen LogP contribution in [-0.4, -0.2) is 5.71 Å². The molecule has 0 aliphatic heterocycles. The first-order chi connectivity index (χ1) is 15.8. The van der Waals surface area contributed by atoms with Gasteiger partial charge in [-0.05, 0) is 59.7 Å². The van der Waals surface area contributed by atoms with E-state index in [1.54, 1.807) is 5.57 Å². The standard InChI is InChI=1S/C29H28N2O/c30-28-13-4-3-12-27(28)29(14-5-7-21-15-16-25(19-21)22-10-6-11-22)31-32-26-18-17-23-8-1-2-9-24(23)20-26/h1-5,7-9,12-13,15,17-20,22H,6,10-11,14,16,30H2/b7-5-,31-29-. The minimum atomic E-state index is 0.645. The first-order valence-corrected chi connectivity index (χ1v) is 11.4. The molecule has 160 valence electrons. The fourth-order valence-electron chi connectivity index (χ4n) is 4.34. The van der Waals surface area contributed by atoms with Crippen molar-refractivity contribution in [1.82, 2.24) is 0 Å². The van der Waals surface area contributed by atoms with Gasteiger partial charge in [0.05, 0.1) is 5.71 Å². The van der Waals surface area contributed by atoms with E-state index in [0.717, 1.165) is 29.0 Å². The maximum atomic E-state index is 6.25. The minimum Gasteiger partial charge on any atom is -0.398 e. The zero-order chi connectivity index (χ0) is 21.8. The van der Waals surface area contributed by atoms with Gasteiger partial charge in [-0.15, -0.1) is 0 Å². The predicted octanol–water partition coefficient (Wildman–Crippen LogP) is 7.21. The van der Waals surface area contributed by atoms with Crippen molar-refractivity contribution in [3.63, 3.8) is 0 Å². The van der Waals surface area contributed by atoms with Crippen LogP contribution in [0.15, 0.2) is 107 Å². The summed E-state index contributed by atoms with van der Waals surface area (Å²) in [5.74, 6) is 1.53. The third kappa shape index (κ3) is 4.52. The lowest BCUT2D eigenvalue weighted by molar-refractivity contribution is 0.341. The number of nitrogens with two attached hydrogens (primary N) is 1. The van der Waals surface area contributed by atoms with Crippen molar-refractivity contribution in [2.75, 3.05) is 5.73 Å². The summed E-state index contributed by atoms with van der Waals surface area (Å²) in [6, 6.07) is 22.0. The highest BCUT2D eigenvalue weighted by molar-refractivity contribution is 6.05. The Hall–Kier alpha value is -3.59. The number of rotatable bonds is 7. The molecule has 0 atom stereocenters. The van der Waals surface area contributed by atoms with Gasteiger partial charge in [0.2, 0.25) is 0 Å². The number of nitrogen functional groups attached to an aromatic ring is 1. The van der Waals surface area contributed by atoms with E-state index in [-0.39, 0.29) is 0 Å². The Morgan fingerprint density at radius 2 is 1.81 bits per heavy atom. The second kappa shape index (κ2) is 9.27. The van der Waals surface area contributed by atoms with Gasteiger partial charge >= 0.3 is 0 Å². The number of para-hydroxylation sites is 1. The highest BCUT2D eigenvalue weighted by atomic mass is 16.6. The molecule has 2 N–H and O–H groups in total. The van der Waals surface area contributed by atoms with E-state index in [4.69, 9.17) is 10.6 Å². The first kappa shape index (κ1) is 20.3. The van der Waals surface area contributed by atoms with Crippen LogP contribution in [0.25, 0.3) is 10.8 Å². The summed E-state index contributed by atoms with van der Waals surface area (Å²) >= 11 is 0. The predicted molar refractivity (Wildman–Crippen MR) is 134 cm³/mol. The Morgan fingerprint density at radius 1 is 1.00 bits per heavy atom. The molecule has 0 unspecified atom stereocenters. The van der Waals surface area contributed by atoms with Crippen molar-refractivity contribution in [1.29, 1.82) is 0 Å². The van der Waals surface area contributed by atoms with Crippen molar-refractivity contribution >= 4 is 22.2 Å². The SMILES string of the molecule is Nc1ccccc1/C(C/C=C\C1=CCC(C2CCC2)=C1)=N\Oc1ccc2ccccc2c1. The summed E-state index contributed by atoms with van der Waals surface area (Å²) in [7, 11) is 0. The van der Waals surface area contributed by atoms with Crippen LogP contribution in [0, 0.1) is 5.92 Å². The van der Waals surface area contributed by atoms with Crippen LogP contribution in [0.5, 0.6) is 5.75 Å². The van der Waals surface area contributed by atoms with Crippen LogP contribution >= 0.6 is 0 Å². The molecule has 2 aliphatic rings. The van der Waals surface area contributed by atoms with Gasteiger partial charge in [-0.2, -0.15) is 0 Å². The summed E-state index contributed by atoms with van der Waals surface area (Å²) in [6.07, 6.45) is 14.9. The summed E-state index contributed by atoms with van der Waals surface area (Å²) in [5.41, 5.74) is 11.6. The van der Waals surface area contributed by atoms with E-state index in [1.807, 2.05) is 48.5 Å². The highest BCUT2D eigenvalue weighted by Crippen LogP contribution is 2.38. The number of hydrogen-bond donors (Lipinski definition) is 1. The fourth-order valence-corrected chi connectivity index (χ4v) is 4.34. The Bertz CT molecular complexity index is 1240. The molecule has 1 fully saturated rings. The van der Waals surface area contributed by atoms with Crippen LogP contribution in [-0.2, 0) is 0 Å². The highest BCUT2D eigenvalue weighted by Gasteiger charge is 2.22. The smallest absolute Gasteiger partial charge is 0.158 e. The molecule has 0 radical (unpaired) electrons. The van der Waals surface area contributed by atoms with Crippen LogP contribution < -0.4 is 10.6 Å². The third-order valence-corrected chi connectivity index (χ3v) is 6.43. The van der Waals surface area contributed by atoms with Gasteiger partial charge in [0.15, 0.2) is 5.75 Å². The number of allylic oxidation sites excluding steroid dienone is 6. The number of fused-ring (bicyclic) bond motifs is 1. The monoisotopic (exact) mass is 420 g/mol. The van der Waals surface area contributed by atoms with Crippen LogP contribution in [0.1, 0.15) is 37.7 Å². The normalized spacial score (nSPS) is 16.8. The molecule has 2 aliphatic carbocycles. The van der Waals surface area contributed by atoms with Crippen molar-refractivity contribution in [2.45, 2.75) is 32.1 Å². The molecular formula is C29H28N2O. The molecule has 0 bridgehead atoms. The molecule has 0 saturated heterocycles. The van der Waals surface area contributed by atoms with Gasteiger partial charge < -0.3 is 10.6 Å². The molecule has 0 spiro atoms. The Labute approximate surface area is 189 Å². The average molecular weight is 421 g/mol. The van der Waals surface area contributed by atoms with Crippen molar-refractivity contribution < 1.29 is 4.84 Å². The molecule has 0 amide bonds. The average Bonchev–Trinajstić information content (AvgIpc) is 3.23. The quantitative estimate of drug-likeness (QED) is 0.249. The maximum absolute atomic E-state index is 6.25. The maximum Gasteiger partial charge on any atom is 0.158 e. The van der Waals surface area contributed by atoms with Gasteiger partial charge in [-0.25, -0.2) is 0 Å². The summed E-state index contributed by atoms with van der Waals surface area (Å²) in [5, 5.41) is 6.82. The molecule has 1 saturated carbocycles. The number of hydrogen-bond acceptors (Lipinski definition) is 3. The number of oxime groups is 1. The lowest BCUT2D eigenvalue weighted by Crippen LogP contribution is -2.12. The molecule has 3 nitrogen and oxygen atoms in total. The second-order valence-corrected chi connectivity index (χ2v) is 8.59. The molecule has 32 heavy (non-hydrogen) atoms. The largest absolute Gasteiger partial charge is 0.398 e. The molecule has 3 aromatic rings. The molecule has 0 heterocycles. The Morgan fingerprint density at radius 3 is 2.62 bits per heavy atom. The number of nitrogens with zero attached hydrogens (tertiary/aromatic N) is 1. The fraction of sp³-hybridized carbons (Fsp3) is 0.207. The van der Waals surface area contributed by atoms with Gasteiger partial charge in [0.1, 0.15) is 0 Å². The lowest BCUT2D eigenvalue weighted by Gasteiger charge is -2.26. The van der Waals surface area contributed by atoms with Gasteiger partial charge in [-0.1, -0.05) is 90.0 Å². The summed E-state index contributed by atoms with van der Waals surface area (Å²) in [6.45, 7) is 0. The van der Waals surface area contributed by atoms with E-state index in [1.165, 1.54) is 30.2 Å². The molecule has 5 rings (SSSR count). The molecule has 0 aromatic heterocycles. The van der Waals surface area contributed by atoms with Crippen LogP contribution in [0.2, 0.25) is 0 Å². The van der Waals surface area contributed by atoms with Gasteiger partial charge in [0, 0.05) is 17.7 Å². The summed E-state index contributed by atoms with van der Waals surface area (Å²) in [4.78, 5) is 5.85. The number of anilines is 1. The van der Waals surface area contributed by atoms with E-state index < -0.39 is 0 Å².